The number of primary amides is 1. The van der Waals surface area contributed by atoms with E-state index in [1.165, 1.54) is 39.0 Å². The van der Waals surface area contributed by atoms with Gasteiger partial charge in [0.25, 0.3) is 0 Å². The molecule has 41 heavy (non-hydrogen) atoms. The zero-order chi connectivity index (χ0) is 31.0. The summed E-state index contributed by atoms with van der Waals surface area (Å²) in [4.78, 5) is 71.1. The lowest BCUT2D eigenvalue weighted by Crippen LogP contribution is -2.50. The summed E-state index contributed by atoms with van der Waals surface area (Å²) in [5.74, 6) is -3.74. The molecule has 0 fully saturated rings. The maximum absolute atomic E-state index is 12.4. The number of amides is 5. The summed E-state index contributed by atoms with van der Waals surface area (Å²) in [7, 11) is 0. The Bertz CT molecular complexity index is 824. The molecule has 5 amide bonds. The second-order valence-electron chi connectivity index (χ2n) is 10.4. The van der Waals surface area contributed by atoms with E-state index in [1.807, 2.05) is 0 Å². The number of nitrogens with two attached hydrogens (primary N) is 2. The summed E-state index contributed by atoms with van der Waals surface area (Å²) < 4.78 is 0. The molecule has 236 valence electrons. The van der Waals surface area contributed by atoms with Crippen molar-refractivity contribution >= 4 is 35.5 Å². The smallest absolute Gasteiger partial charge is 0.326 e. The number of hydrogen-bond donors (Lipinski definition) is 7. The minimum Gasteiger partial charge on any atom is -0.480 e. The Hall–Kier alpha value is -3.22. The van der Waals surface area contributed by atoms with Crippen LogP contribution in [0.1, 0.15) is 110 Å². The van der Waals surface area contributed by atoms with Crippen LogP contribution in [0.15, 0.2) is 0 Å². The molecule has 13 heteroatoms. The van der Waals surface area contributed by atoms with Gasteiger partial charge in [0.05, 0.1) is 6.54 Å². The molecule has 0 aromatic rings. The Balaban J connectivity index is 4.23. The summed E-state index contributed by atoms with van der Waals surface area (Å²) in [6.45, 7) is 3.70. The molecular weight excluding hydrogens is 532 g/mol. The van der Waals surface area contributed by atoms with Gasteiger partial charge in [0.2, 0.25) is 29.5 Å². The maximum Gasteiger partial charge on any atom is 0.326 e. The van der Waals surface area contributed by atoms with Crippen molar-refractivity contribution in [2.24, 2.45) is 11.5 Å². The van der Waals surface area contributed by atoms with E-state index in [-0.39, 0.29) is 38.3 Å². The Morgan fingerprint density at radius 1 is 0.683 bits per heavy atom. The molecule has 0 aliphatic rings. The van der Waals surface area contributed by atoms with Gasteiger partial charge in [0, 0.05) is 19.4 Å². The Morgan fingerprint density at radius 2 is 1.29 bits per heavy atom. The van der Waals surface area contributed by atoms with E-state index in [4.69, 9.17) is 11.5 Å². The fourth-order valence-electron chi connectivity index (χ4n) is 4.13. The molecule has 0 heterocycles. The predicted octanol–water partition coefficient (Wildman–Crippen LogP) is 0.977. The topological polar surface area (TPSA) is 223 Å². The second kappa shape index (κ2) is 23.5. The van der Waals surface area contributed by atoms with Crippen LogP contribution < -0.4 is 32.7 Å². The molecular formula is C28H52N6O7. The number of carboxylic acids is 1. The van der Waals surface area contributed by atoms with E-state index in [0.29, 0.717) is 19.3 Å². The average molecular weight is 585 g/mol. The second-order valence-corrected chi connectivity index (χ2v) is 10.4. The van der Waals surface area contributed by atoms with Crippen molar-refractivity contribution in [2.45, 2.75) is 128 Å². The molecule has 0 aromatic carbocycles. The predicted molar refractivity (Wildman–Crippen MR) is 155 cm³/mol. The third-order valence-corrected chi connectivity index (χ3v) is 6.66. The molecule has 0 radical (unpaired) electrons. The van der Waals surface area contributed by atoms with Gasteiger partial charge < -0.3 is 37.8 Å². The Kier molecular flexibility index (Phi) is 21.6. The van der Waals surface area contributed by atoms with E-state index in [0.717, 1.165) is 25.7 Å². The van der Waals surface area contributed by atoms with Crippen LogP contribution >= 0.6 is 0 Å². The number of hydrogen-bond acceptors (Lipinski definition) is 7. The van der Waals surface area contributed by atoms with Crippen LogP contribution in [0, 0.1) is 0 Å². The molecule has 0 spiro atoms. The average Bonchev–Trinajstić information content (AvgIpc) is 2.92. The fourth-order valence-corrected chi connectivity index (χ4v) is 4.13. The monoisotopic (exact) mass is 584 g/mol. The Labute approximate surface area is 243 Å². The third kappa shape index (κ3) is 20.3. The number of carboxylic acid groups (broad SMARTS) is 1. The Morgan fingerprint density at radius 3 is 1.85 bits per heavy atom. The quantitative estimate of drug-likeness (QED) is 0.0764. The highest BCUT2D eigenvalue weighted by Gasteiger charge is 2.24. The van der Waals surface area contributed by atoms with Crippen molar-refractivity contribution < 1.29 is 33.9 Å². The molecule has 9 N–H and O–H groups in total. The number of carbonyl (C=O) groups excluding carboxylic acids is 5. The molecule has 0 aliphatic carbocycles. The largest absolute Gasteiger partial charge is 0.480 e. The molecule has 0 saturated carbocycles. The third-order valence-electron chi connectivity index (χ3n) is 6.66. The van der Waals surface area contributed by atoms with Gasteiger partial charge in [-0.15, -0.1) is 0 Å². The van der Waals surface area contributed by atoms with Crippen LogP contribution in [0.2, 0.25) is 0 Å². The van der Waals surface area contributed by atoms with Gasteiger partial charge in [-0.1, -0.05) is 58.3 Å². The van der Waals surface area contributed by atoms with E-state index >= 15 is 0 Å². The minimum atomic E-state index is -1.28. The summed E-state index contributed by atoms with van der Waals surface area (Å²) in [6, 6.07) is -3.04. The fraction of sp³-hybridized carbons (Fsp3) is 0.786. The highest BCUT2D eigenvalue weighted by Crippen LogP contribution is 2.10. The van der Waals surface area contributed by atoms with Crippen molar-refractivity contribution in [3.05, 3.63) is 0 Å². The van der Waals surface area contributed by atoms with Crippen molar-refractivity contribution in [3.8, 4) is 0 Å². The first-order chi connectivity index (χ1) is 19.5. The lowest BCUT2D eigenvalue weighted by Gasteiger charge is -2.19. The van der Waals surface area contributed by atoms with Gasteiger partial charge in [-0.3, -0.25) is 24.0 Å². The van der Waals surface area contributed by atoms with Gasteiger partial charge in [0.15, 0.2) is 0 Å². The number of carbonyl (C=O) groups is 6. The van der Waals surface area contributed by atoms with E-state index in [9.17, 15) is 33.9 Å². The number of unbranched alkanes of at least 4 members (excludes halogenated alkanes) is 9. The van der Waals surface area contributed by atoms with Crippen molar-refractivity contribution in [2.75, 3.05) is 13.1 Å². The zero-order valence-electron chi connectivity index (χ0n) is 24.8. The van der Waals surface area contributed by atoms with Crippen molar-refractivity contribution in [1.29, 1.82) is 0 Å². The van der Waals surface area contributed by atoms with Crippen LogP contribution in [0.5, 0.6) is 0 Å². The first kappa shape index (κ1) is 37.8. The van der Waals surface area contributed by atoms with Crippen molar-refractivity contribution in [3.63, 3.8) is 0 Å². The summed E-state index contributed by atoms with van der Waals surface area (Å²) in [5, 5.41) is 19.5. The highest BCUT2D eigenvalue weighted by atomic mass is 16.4. The first-order valence-electron chi connectivity index (χ1n) is 14.9. The van der Waals surface area contributed by atoms with Gasteiger partial charge in [-0.2, -0.15) is 0 Å². The first-order valence-corrected chi connectivity index (χ1v) is 14.9. The molecule has 0 saturated heterocycles. The van der Waals surface area contributed by atoms with Crippen LogP contribution in [0.25, 0.3) is 0 Å². The van der Waals surface area contributed by atoms with Crippen molar-refractivity contribution in [1.82, 2.24) is 21.3 Å². The molecule has 3 atom stereocenters. The molecule has 0 aliphatic heterocycles. The number of nitrogens with one attached hydrogen (secondary N) is 4. The van der Waals surface area contributed by atoms with Crippen LogP contribution in [0.4, 0.5) is 0 Å². The number of rotatable bonds is 25. The van der Waals surface area contributed by atoms with E-state index in [2.05, 4.69) is 28.2 Å². The summed E-state index contributed by atoms with van der Waals surface area (Å²) in [6.07, 6.45) is 11.5. The lowest BCUT2D eigenvalue weighted by molar-refractivity contribution is -0.142. The van der Waals surface area contributed by atoms with E-state index < -0.39 is 47.7 Å². The molecule has 13 nitrogen and oxygen atoms in total. The molecule has 0 rings (SSSR count). The van der Waals surface area contributed by atoms with Gasteiger partial charge in [-0.25, -0.2) is 4.79 Å². The number of aliphatic carboxylic acids is 1. The van der Waals surface area contributed by atoms with Gasteiger partial charge in [-0.05, 0) is 39.0 Å². The van der Waals surface area contributed by atoms with Gasteiger partial charge >= 0.3 is 5.97 Å². The SMILES string of the molecule is CCCCCCCCCCCC(=O)N[C@@H](C)C(=O)N[C@H](CCC(=O)NCCCC[C@H](NC(=O)CN)C(N)=O)C(=O)O. The van der Waals surface area contributed by atoms with Crippen LogP contribution in [-0.2, 0) is 28.8 Å². The normalized spacial score (nSPS) is 13.0. The van der Waals surface area contributed by atoms with Gasteiger partial charge in [0.1, 0.15) is 18.1 Å². The highest BCUT2D eigenvalue weighted by molar-refractivity contribution is 5.90. The zero-order valence-corrected chi connectivity index (χ0v) is 24.8. The molecule has 0 aromatic heterocycles. The maximum atomic E-state index is 12.4. The standard InChI is InChI=1S/C28H52N6O7/c1-3-4-5-6-7-8-9-10-11-15-24(36)32-20(2)27(39)34-22(28(40)41)16-17-23(35)31-18-13-12-14-21(26(30)38)33-25(37)19-29/h20-22H,3-19,29H2,1-2H3,(H2,30,38)(H,31,35)(H,32,36)(H,33,37)(H,34,39)(H,40,41)/t20-,21-,22+/m0/s1. The summed E-state index contributed by atoms with van der Waals surface area (Å²) >= 11 is 0. The van der Waals surface area contributed by atoms with E-state index in [1.54, 1.807) is 0 Å². The minimum absolute atomic E-state index is 0.124. The van der Waals surface area contributed by atoms with Crippen LogP contribution in [0.3, 0.4) is 0 Å². The molecule has 0 unspecified atom stereocenters. The summed E-state index contributed by atoms with van der Waals surface area (Å²) in [5.41, 5.74) is 10.5. The molecule has 0 bridgehead atoms. The lowest BCUT2D eigenvalue weighted by atomic mass is 10.1. The van der Waals surface area contributed by atoms with Crippen LogP contribution in [-0.4, -0.2) is 71.8 Å².